The average Bonchev–Trinajstić information content (AvgIpc) is 3.17. The van der Waals surface area contributed by atoms with E-state index in [4.69, 9.17) is 4.74 Å². The summed E-state index contributed by atoms with van der Waals surface area (Å²) in [5.74, 6) is 0.104. The molecular weight excluding hydrogens is 330 g/mol. The molecule has 134 valence electrons. The Hall–Kier alpha value is -2.89. The van der Waals surface area contributed by atoms with Gasteiger partial charge in [0.1, 0.15) is 5.82 Å². The highest BCUT2D eigenvalue weighted by Crippen LogP contribution is 2.29. The summed E-state index contributed by atoms with van der Waals surface area (Å²) in [7, 11) is 0. The third kappa shape index (κ3) is 3.03. The van der Waals surface area contributed by atoms with E-state index in [1.54, 1.807) is 25.3 Å². The molecule has 1 atom stereocenters. The van der Waals surface area contributed by atoms with Crippen molar-refractivity contribution in [2.24, 2.45) is 0 Å². The van der Waals surface area contributed by atoms with Gasteiger partial charge in [-0.15, -0.1) is 0 Å². The Bertz CT molecular complexity index is 844. The molecule has 0 saturated carbocycles. The van der Waals surface area contributed by atoms with Gasteiger partial charge in [0.2, 0.25) is 0 Å². The maximum Gasteiger partial charge on any atom is 0.339 e. The van der Waals surface area contributed by atoms with E-state index in [-0.39, 0.29) is 5.91 Å². The first-order valence-electron chi connectivity index (χ1n) is 8.89. The van der Waals surface area contributed by atoms with E-state index < -0.39 is 11.6 Å². The molecule has 2 aromatic rings. The molecule has 0 radical (unpaired) electrons. The highest BCUT2D eigenvalue weighted by atomic mass is 16.6. The number of ether oxygens (including phenoxy) is 1. The number of anilines is 2. The van der Waals surface area contributed by atoms with Gasteiger partial charge in [0.15, 0.2) is 5.60 Å². The largest absolute Gasteiger partial charge is 0.445 e. The molecule has 1 amide bonds. The molecule has 6 nitrogen and oxygen atoms in total. The number of fused-ring (bicyclic) bond motifs is 1. The molecule has 1 fully saturated rings. The first-order chi connectivity index (χ1) is 12.5. The number of rotatable bonds is 3. The average molecular weight is 351 g/mol. The minimum absolute atomic E-state index is 0.347. The van der Waals surface area contributed by atoms with Crippen LogP contribution in [0.5, 0.6) is 0 Å². The van der Waals surface area contributed by atoms with E-state index in [9.17, 15) is 9.59 Å². The van der Waals surface area contributed by atoms with Crippen molar-refractivity contribution in [1.82, 2.24) is 4.98 Å². The molecule has 0 aliphatic carbocycles. The van der Waals surface area contributed by atoms with E-state index in [2.05, 4.69) is 15.2 Å². The maximum atomic E-state index is 12.8. The molecule has 0 unspecified atom stereocenters. The lowest BCUT2D eigenvalue weighted by Gasteiger charge is -2.33. The summed E-state index contributed by atoms with van der Waals surface area (Å²) in [6.45, 7) is 3.68. The summed E-state index contributed by atoms with van der Waals surface area (Å²) in [5, 5.41) is 2.82. The fourth-order valence-corrected chi connectivity index (χ4v) is 3.52. The molecule has 1 aromatic carbocycles. The summed E-state index contributed by atoms with van der Waals surface area (Å²) in [6, 6.07) is 11.0. The molecule has 2 aliphatic heterocycles. The Kier molecular flexibility index (Phi) is 4.11. The standard InChI is InChI=1S/C20H21N3O3/c1-20(12-14-6-2-3-7-16(14)18(24)26-20)19(25)22-15-8-9-17(21-13-15)23-10-4-5-11-23/h2-3,6-9,13H,4-5,10-12H2,1H3,(H,22,25)/t20-/m1/s1. The number of carbonyl (C=O) groups excluding carboxylic acids is 2. The monoisotopic (exact) mass is 351 g/mol. The fraction of sp³-hybridized carbons (Fsp3) is 0.350. The van der Waals surface area contributed by atoms with E-state index in [1.165, 1.54) is 12.8 Å². The number of benzene rings is 1. The summed E-state index contributed by atoms with van der Waals surface area (Å²) >= 11 is 0. The van der Waals surface area contributed by atoms with Crippen molar-refractivity contribution in [3.05, 3.63) is 53.7 Å². The number of nitrogens with one attached hydrogen (secondary N) is 1. The second-order valence-electron chi connectivity index (χ2n) is 7.01. The third-order valence-electron chi connectivity index (χ3n) is 5.00. The molecule has 3 heterocycles. The van der Waals surface area contributed by atoms with Crippen LogP contribution in [0.3, 0.4) is 0 Å². The summed E-state index contributed by atoms with van der Waals surface area (Å²) in [4.78, 5) is 31.7. The van der Waals surface area contributed by atoms with Gasteiger partial charge in [-0.3, -0.25) is 4.79 Å². The lowest BCUT2D eigenvalue weighted by atomic mass is 9.89. The second-order valence-corrected chi connectivity index (χ2v) is 7.01. The second kappa shape index (κ2) is 6.44. The maximum absolute atomic E-state index is 12.8. The van der Waals surface area contributed by atoms with Crippen LogP contribution in [-0.2, 0) is 16.0 Å². The third-order valence-corrected chi connectivity index (χ3v) is 5.00. The number of pyridine rings is 1. The Labute approximate surface area is 152 Å². The van der Waals surface area contributed by atoms with Gasteiger partial charge in [-0.05, 0) is 43.5 Å². The molecular formula is C20H21N3O3. The van der Waals surface area contributed by atoms with E-state index in [0.717, 1.165) is 24.5 Å². The van der Waals surface area contributed by atoms with Crippen LogP contribution >= 0.6 is 0 Å². The molecule has 6 heteroatoms. The van der Waals surface area contributed by atoms with Crippen molar-refractivity contribution in [3.8, 4) is 0 Å². The van der Waals surface area contributed by atoms with Crippen LogP contribution in [0, 0.1) is 0 Å². The predicted octanol–water partition coefficient (Wildman–Crippen LogP) is 2.79. The van der Waals surface area contributed by atoms with Crippen LogP contribution in [0.25, 0.3) is 0 Å². The van der Waals surface area contributed by atoms with Gasteiger partial charge in [-0.25, -0.2) is 9.78 Å². The molecule has 1 saturated heterocycles. The van der Waals surface area contributed by atoms with E-state index >= 15 is 0 Å². The van der Waals surface area contributed by atoms with Crippen LogP contribution in [0.15, 0.2) is 42.6 Å². The number of esters is 1. The van der Waals surface area contributed by atoms with Crippen molar-refractivity contribution >= 4 is 23.4 Å². The lowest BCUT2D eigenvalue weighted by molar-refractivity contribution is -0.134. The highest BCUT2D eigenvalue weighted by Gasteiger charge is 2.42. The smallest absolute Gasteiger partial charge is 0.339 e. The quantitative estimate of drug-likeness (QED) is 0.861. The first kappa shape index (κ1) is 16.6. The first-order valence-corrected chi connectivity index (χ1v) is 8.89. The topological polar surface area (TPSA) is 71.5 Å². The number of carbonyl (C=O) groups is 2. The Balaban J connectivity index is 1.48. The van der Waals surface area contributed by atoms with Crippen LogP contribution in [-0.4, -0.2) is 35.6 Å². The molecule has 0 bridgehead atoms. The van der Waals surface area contributed by atoms with Gasteiger partial charge < -0.3 is 15.0 Å². The molecule has 2 aliphatic rings. The van der Waals surface area contributed by atoms with Crippen molar-refractivity contribution in [2.75, 3.05) is 23.3 Å². The SMILES string of the molecule is C[C@]1(C(=O)Nc2ccc(N3CCCC3)nc2)Cc2ccccc2C(=O)O1. The molecule has 26 heavy (non-hydrogen) atoms. The van der Waals surface area contributed by atoms with Crippen LogP contribution in [0.4, 0.5) is 11.5 Å². The van der Waals surface area contributed by atoms with Crippen LogP contribution < -0.4 is 10.2 Å². The van der Waals surface area contributed by atoms with Crippen LogP contribution in [0.2, 0.25) is 0 Å². The van der Waals surface area contributed by atoms with Gasteiger partial charge >= 0.3 is 5.97 Å². The number of hydrogen-bond donors (Lipinski definition) is 1. The van der Waals surface area contributed by atoms with Crippen LogP contribution in [0.1, 0.15) is 35.7 Å². The van der Waals surface area contributed by atoms with Gasteiger partial charge in [0.25, 0.3) is 5.91 Å². The number of cyclic esters (lactones) is 1. The van der Waals surface area contributed by atoms with Crippen molar-refractivity contribution in [2.45, 2.75) is 31.8 Å². The number of hydrogen-bond acceptors (Lipinski definition) is 5. The number of aromatic nitrogens is 1. The molecule has 0 spiro atoms. The molecule has 4 rings (SSSR count). The van der Waals surface area contributed by atoms with Gasteiger partial charge in [0.05, 0.1) is 17.4 Å². The zero-order valence-corrected chi connectivity index (χ0v) is 14.7. The fourth-order valence-electron chi connectivity index (χ4n) is 3.52. The van der Waals surface area contributed by atoms with Crippen molar-refractivity contribution < 1.29 is 14.3 Å². The van der Waals surface area contributed by atoms with Gasteiger partial charge in [0, 0.05) is 19.5 Å². The summed E-state index contributed by atoms with van der Waals surface area (Å²) in [5.41, 5.74) is 0.700. The molecule has 1 aromatic heterocycles. The van der Waals surface area contributed by atoms with E-state index in [0.29, 0.717) is 17.7 Å². The number of amides is 1. The Morgan fingerprint density at radius 1 is 1.19 bits per heavy atom. The summed E-state index contributed by atoms with van der Waals surface area (Å²) in [6.07, 6.45) is 4.37. The zero-order chi connectivity index (χ0) is 18.1. The lowest BCUT2D eigenvalue weighted by Crippen LogP contribution is -2.48. The minimum Gasteiger partial charge on any atom is -0.445 e. The number of nitrogens with zero attached hydrogens (tertiary/aromatic N) is 2. The van der Waals surface area contributed by atoms with Crippen molar-refractivity contribution in [3.63, 3.8) is 0 Å². The summed E-state index contributed by atoms with van der Waals surface area (Å²) < 4.78 is 5.46. The van der Waals surface area contributed by atoms with Crippen molar-refractivity contribution in [1.29, 1.82) is 0 Å². The van der Waals surface area contributed by atoms with E-state index in [1.807, 2.05) is 24.3 Å². The minimum atomic E-state index is -1.24. The van der Waals surface area contributed by atoms with Gasteiger partial charge in [-0.1, -0.05) is 18.2 Å². The normalized spacial score (nSPS) is 21.9. The zero-order valence-electron chi connectivity index (χ0n) is 14.7. The predicted molar refractivity (Wildman–Crippen MR) is 98.3 cm³/mol. The Morgan fingerprint density at radius 2 is 1.96 bits per heavy atom. The Morgan fingerprint density at radius 3 is 2.69 bits per heavy atom. The molecule has 1 N–H and O–H groups in total. The highest BCUT2D eigenvalue weighted by molar-refractivity contribution is 6.02. The van der Waals surface area contributed by atoms with Gasteiger partial charge in [-0.2, -0.15) is 0 Å².